The first-order valence-electron chi connectivity index (χ1n) is 10.5. The summed E-state index contributed by atoms with van der Waals surface area (Å²) in [5, 5.41) is 15.4. The Bertz CT molecular complexity index is 1290. The average molecular weight is 555 g/mol. The van der Waals surface area contributed by atoms with Gasteiger partial charge in [-0.3, -0.25) is 9.59 Å². The highest BCUT2D eigenvalue weighted by Crippen LogP contribution is 2.26. The smallest absolute Gasteiger partial charge is 0.266 e. The van der Waals surface area contributed by atoms with E-state index in [0.29, 0.717) is 44.5 Å². The molecule has 3 aromatic carbocycles. The summed E-state index contributed by atoms with van der Waals surface area (Å²) in [6.45, 7) is 2.12. The number of benzene rings is 3. The molecule has 0 radical (unpaired) electrons. The van der Waals surface area contributed by atoms with E-state index in [0.717, 1.165) is 0 Å². The number of halogens is 2. The van der Waals surface area contributed by atoms with E-state index in [2.05, 4.69) is 26.6 Å². The van der Waals surface area contributed by atoms with E-state index in [1.54, 1.807) is 66.7 Å². The van der Waals surface area contributed by atoms with Crippen molar-refractivity contribution in [2.24, 2.45) is 0 Å². The summed E-state index contributed by atoms with van der Waals surface area (Å²) in [5.74, 6) is 0.00363. The summed E-state index contributed by atoms with van der Waals surface area (Å²) in [5.41, 5.74) is 1.30. The summed E-state index contributed by atoms with van der Waals surface area (Å²) in [4.78, 5) is 25.0. The standard InChI is InChI=1S/C26H21BrClN3O4/c1-2-34-21-10-8-20(9-11-21)30-26(33)18(15-29)13-17-14-19(27)7-12-24(17)35-16-25(32)31-23-6-4-3-5-22(23)28/h3-14H,2,16H2,1H3,(H,30,33)(H,31,32)/b18-13+. The topological polar surface area (TPSA) is 100 Å². The van der Waals surface area contributed by atoms with Gasteiger partial charge in [-0.05, 0) is 67.6 Å². The molecule has 9 heteroatoms. The second-order valence-corrected chi connectivity index (χ2v) is 8.40. The normalized spacial score (nSPS) is 10.7. The van der Waals surface area contributed by atoms with Crippen molar-refractivity contribution in [3.8, 4) is 17.6 Å². The van der Waals surface area contributed by atoms with E-state index in [-0.39, 0.29) is 12.2 Å². The van der Waals surface area contributed by atoms with Crippen LogP contribution in [0.3, 0.4) is 0 Å². The monoisotopic (exact) mass is 553 g/mol. The third-order valence-corrected chi connectivity index (χ3v) is 5.39. The van der Waals surface area contributed by atoms with Gasteiger partial charge >= 0.3 is 0 Å². The molecule has 0 aromatic heterocycles. The van der Waals surface area contributed by atoms with Gasteiger partial charge in [-0.15, -0.1) is 0 Å². The van der Waals surface area contributed by atoms with E-state index in [1.807, 2.05) is 13.0 Å². The molecule has 0 saturated carbocycles. The van der Waals surface area contributed by atoms with Crippen LogP contribution in [0.2, 0.25) is 5.02 Å². The van der Waals surface area contributed by atoms with Crippen LogP contribution in [0.5, 0.6) is 11.5 Å². The molecule has 35 heavy (non-hydrogen) atoms. The third kappa shape index (κ3) is 7.60. The number of hydrogen-bond acceptors (Lipinski definition) is 5. The molecule has 178 valence electrons. The SMILES string of the molecule is CCOc1ccc(NC(=O)/C(C#N)=C/c2cc(Br)ccc2OCC(=O)Nc2ccccc2Cl)cc1. The Kier molecular flexibility index (Phi) is 9.30. The number of rotatable bonds is 9. The number of amides is 2. The summed E-state index contributed by atoms with van der Waals surface area (Å²) < 4.78 is 11.8. The predicted molar refractivity (Wildman–Crippen MR) is 140 cm³/mol. The molecule has 0 spiro atoms. The van der Waals surface area contributed by atoms with Crippen LogP contribution in [0.1, 0.15) is 12.5 Å². The van der Waals surface area contributed by atoms with Crippen LogP contribution >= 0.6 is 27.5 Å². The molecule has 0 aliphatic carbocycles. The first-order valence-corrected chi connectivity index (χ1v) is 11.7. The number of nitrogens with one attached hydrogen (secondary N) is 2. The van der Waals surface area contributed by atoms with Crippen molar-refractivity contribution >= 4 is 56.8 Å². The van der Waals surface area contributed by atoms with Gasteiger partial charge in [0.25, 0.3) is 11.8 Å². The molecule has 0 bridgehead atoms. The van der Waals surface area contributed by atoms with Gasteiger partial charge < -0.3 is 20.1 Å². The second kappa shape index (κ2) is 12.6. The maximum Gasteiger partial charge on any atom is 0.266 e. The minimum atomic E-state index is -0.584. The van der Waals surface area contributed by atoms with Crippen molar-refractivity contribution in [3.63, 3.8) is 0 Å². The van der Waals surface area contributed by atoms with Crippen molar-refractivity contribution in [2.45, 2.75) is 6.92 Å². The minimum absolute atomic E-state index is 0.137. The van der Waals surface area contributed by atoms with E-state index < -0.39 is 11.8 Å². The molecule has 0 saturated heterocycles. The fraction of sp³-hybridized carbons (Fsp3) is 0.115. The number of carbonyl (C=O) groups is 2. The number of hydrogen-bond donors (Lipinski definition) is 2. The molecule has 2 N–H and O–H groups in total. The highest BCUT2D eigenvalue weighted by Gasteiger charge is 2.13. The van der Waals surface area contributed by atoms with Crippen LogP contribution in [-0.4, -0.2) is 25.0 Å². The highest BCUT2D eigenvalue weighted by molar-refractivity contribution is 9.10. The van der Waals surface area contributed by atoms with Crippen molar-refractivity contribution < 1.29 is 19.1 Å². The lowest BCUT2D eigenvalue weighted by atomic mass is 10.1. The Morgan fingerprint density at radius 1 is 1.06 bits per heavy atom. The Balaban J connectivity index is 1.72. The van der Waals surface area contributed by atoms with Crippen LogP contribution in [0.25, 0.3) is 6.08 Å². The molecular formula is C26H21BrClN3O4. The molecule has 0 aliphatic heterocycles. The first-order chi connectivity index (χ1) is 16.9. The van der Waals surface area contributed by atoms with Crippen LogP contribution in [0.15, 0.2) is 76.8 Å². The maximum absolute atomic E-state index is 12.7. The number of anilines is 2. The number of para-hydroxylation sites is 1. The summed E-state index contributed by atoms with van der Waals surface area (Å²) in [7, 11) is 0. The minimum Gasteiger partial charge on any atom is -0.494 e. The quantitative estimate of drug-likeness (QED) is 0.247. The number of ether oxygens (including phenoxy) is 2. The fourth-order valence-corrected chi connectivity index (χ4v) is 3.52. The lowest BCUT2D eigenvalue weighted by Crippen LogP contribution is -2.20. The van der Waals surface area contributed by atoms with Crippen LogP contribution in [0.4, 0.5) is 11.4 Å². The zero-order valence-electron chi connectivity index (χ0n) is 18.7. The number of carbonyl (C=O) groups excluding carboxylic acids is 2. The average Bonchev–Trinajstić information content (AvgIpc) is 2.84. The third-order valence-electron chi connectivity index (χ3n) is 4.57. The van der Waals surface area contributed by atoms with Gasteiger partial charge in [0, 0.05) is 15.7 Å². The van der Waals surface area contributed by atoms with E-state index in [1.165, 1.54) is 6.08 Å². The summed E-state index contributed by atoms with van der Waals surface area (Å²) in [6.07, 6.45) is 1.40. The van der Waals surface area contributed by atoms with Gasteiger partial charge in [0.2, 0.25) is 0 Å². The Labute approximate surface area is 216 Å². The van der Waals surface area contributed by atoms with Gasteiger partial charge in [-0.1, -0.05) is 39.7 Å². The zero-order valence-corrected chi connectivity index (χ0v) is 21.0. The molecule has 3 aromatic rings. The summed E-state index contributed by atoms with van der Waals surface area (Å²) >= 11 is 9.44. The van der Waals surface area contributed by atoms with Gasteiger partial charge in [-0.25, -0.2) is 0 Å². The molecule has 2 amide bonds. The molecule has 0 unspecified atom stereocenters. The molecule has 0 fully saturated rings. The Morgan fingerprint density at radius 3 is 2.49 bits per heavy atom. The van der Waals surface area contributed by atoms with E-state index in [9.17, 15) is 14.9 Å². The summed E-state index contributed by atoms with van der Waals surface area (Å²) in [6, 6.07) is 20.6. The van der Waals surface area contributed by atoms with Crippen molar-refractivity contribution in [1.29, 1.82) is 5.26 Å². The van der Waals surface area contributed by atoms with Crippen molar-refractivity contribution in [1.82, 2.24) is 0 Å². The largest absolute Gasteiger partial charge is 0.494 e. The molecule has 0 atom stereocenters. The molecular weight excluding hydrogens is 534 g/mol. The fourth-order valence-electron chi connectivity index (χ4n) is 2.96. The van der Waals surface area contributed by atoms with Gasteiger partial charge in [0.15, 0.2) is 6.61 Å². The lowest BCUT2D eigenvalue weighted by molar-refractivity contribution is -0.118. The van der Waals surface area contributed by atoms with Crippen LogP contribution in [-0.2, 0) is 9.59 Å². The zero-order chi connectivity index (χ0) is 25.2. The van der Waals surface area contributed by atoms with Gasteiger partial charge in [0.05, 0.1) is 17.3 Å². The maximum atomic E-state index is 12.7. The Hall–Kier alpha value is -3.80. The lowest BCUT2D eigenvalue weighted by Gasteiger charge is -2.11. The number of nitrogens with zero attached hydrogens (tertiary/aromatic N) is 1. The highest BCUT2D eigenvalue weighted by atomic mass is 79.9. The van der Waals surface area contributed by atoms with E-state index in [4.69, 9.17) is 21.1 Å². The number of nitriles is 1. The Morgan fingerprint density at radius 2 is 1.80 bits per heavy atom. The second-order valence-electron chi connectivity index (χ2n) is 7.08. The van der Waals surface area contributed by atoms with Crippen molar-refractivity contribution in [3.05, 3.63) is 87.4 Å². The van der Waals surface area contributed by atoms with Crippen molar-refractivity contribution in [2.75, 3.05) is 23.8 Å². The molecule has 3 rings (SSSR count). The molecule has 7 nitrogen and oxygen atoms in total. The van der Waals surface area contributed by atoms with Crippen LogP contribution in [0, 0.1) is 11.3 Å². The first kappa shape index (κ1) is 25.8. The molecule has 0 aliphatic rings. The molecule has 0 heterocycles. The van der Waals surface area contributed by atoms with Gasteiger partial charge in [0.1, 0.15) is 23.1 Å². The van der Waals surface area contributed by atoms with E-state index >= 15 is 0 Å². The predicted octanol–water partition coefficient (Wildman–Crippen LogP) is 6.06. The van der Waals surface area contributed by atoms with Gasteiger partial charge in [-0.2, -0.15) is 5.26 Å². The van der Waals surface area contributed by atoms with Crippen LogP contribution < -0.4 is 20.1 Å².